The van der Waals surface area contributed by atoms with Crippen LogP contribution in [-0.2, 0) is 20.2 Å². The molecule has 0 aliphatic carbocycles. The van der Waals surface area contributed by atoms with E-state index in [-0.39, 0.29) is 10.8 Å². The molecule has 2 rings (SSSR count). The molecule has 0 heterocycles. The van der Waals surface area contributed by atoms with E-state index in [0.717, 1.165) is 22.5 Å². The maximum absolute atomic E-state index is 10.4. The van der Waals surface area contributed by atoms with Crippen molar-refractivity contribution < 1.29 is 14.6 Å². The van der Waals surface area contributed by atoms with Crippen LogP contribution in [0.1, 0.15) is 58.2 Å². The van der Waals surface area contributed by atoms with Crippen molar-refractivity contribution in [3.63, 3.8) is 0 Å². The smallest absolute Gasteiger partial charge is 0.0680 e. The first-order valence-corrected chi connectivity index (χ1v) is 8.52. The Balaban J connectivity index is 2.95. The lowest BCUT2D eigenvalue weighted by Crippen LogP contribution is -2.20. The minimum absolute atomic E-state index is 0.0783. The van der Waals surface area contributed by atoms with Crippen LogP contribution in [0.15, 0.2) is 29.2 Å². The van der Waals surface area contributed by atoms with Gasteiger partial charge in [0, 0.05) is 4.90 Å². The molecule has 0 aromatic heterocycles. The molecule has 2 aromatic rings. The molecule has 0 N–H and O–H groups in total. The van der Waals surface area contributed by atoms with Gasteiger partial charge in [-0.2, -0.15) is 4.33 Å². The van der Waals surface area contributed by atoms with Crippen molar-refractivity contribution in [3.05, 3.63) is 41.0 Å². The van der Waals surface area contributed by atoms with Crippen LogP contribution in [0.5, 0.6) is 0 Å². The molecule has 0 atom stereocenters. The quantitative estimate of drug-likeness (QED) is 0.451. The van der Waals surface area contributed by atoms with E-state index in [1.165, 1.54) is 21.9 Å². The summed E-state index contributed by atoms with van der Waals surface area (Å²) in [5, 5.41) is 16.5. The summed E-state index contributed by atoms with van der Waals surface area (Å²) in [6.45, 7) is 15.2. The summed E-state index contributed by atoms with van der Waals surface area (Å²) in [5.74, 6) is 0. The van der Waals surface area contributed by atoms with Crippen molar-refractivity contribution in [2.45, 2.75) is 64.2 Å². The Bertz CT molecular complexity index is 709. The second-order valence-corrected chi connectivity index (χ2v) is 8.73. The van der Waals surface area contributed by atoms with Gasteiger partial charge in [0.1, 0.15) is 0 Å². The van der Waals surface area contributed by atoms with Gasteiger partial charge in [0.15, 0.2) is 0 Å². The monoisotopic (exact) mass is 333 g/mol. The molecule has 0 spiro atoms. The molecule has 0 aliphatic heterocycles. The first kappa shape index (κ1) is 18.3. The Kier molecular flexibility index (Phi) is 5.12. The third-order valence-corrected chi connectivity index (χ3v) is 4.77. The topological polar surface area (TPSA) is 41.5 Å². The van der Waals surface area contributed by atoms with Gasteiger partial charge in [-0.15, -0.1) is 0 Å². The van der Waals surface area contributed by atoms with E-state index < -0.39 is 0 Å². The fourth-order valence-electron chi connectivity index (χ4n) is 2.99. The van der Waals surface area contributed by atoms with Crippen LogP contribution in [-0.4, -0.2) is 0 Å². The van der Waals surface area contributed by atoms with Crippen LogP contribution in [0.4, 0.5) is 0 Å². The van der Waals surface area contributed by atoms with E-state index in [4.69, 9.17) is 4.33 Å². The van der Waals surface area contributed by atoms with Gasteiger partial charge >= 0.3 is 0 Å². The Labute approximate surface area is 143 Å². The summed E-state index contributed by atoms with van der Waals surface area (Å²) in [5.41, 5.74) is 3.42. The van der Waals surface area contributed by atoms with Gasteiger partial charge in [0.05, 0.1) is 12.0 Å². The third kappa shape index (κ3) is 3.72. The highest BCUT2D eigenvalue weighted by atomic mass is 32.2. The van der Waals surface area contributed by atoms with Gasteiger partial charge in [-0.25, -0.2) is 0 Å². The SMILES string of the molecule is Cc1cccc2c(C(C)(C)C)c(SOO[O-])c(C(C)(C)C)cc12. The van der Waals surface area contributed by atoms with E-state index in [1.54, 1.807) is 0 Å². The summed E-state index contributed by atoms with van der Waals surface area (Å²) in [7, 11) is 0. The number of aryl methyl sites for hydroxylation is 1. The zero-order valence-corrected chi connectivity index (χ0v) is 15.8. The van der Waals surface area contributed by atoms with Crippen molar-refractivity contribution >= 4 is 22.8 Å². The van der Waals surface area contributed by atoms with E-state index in [2.05, 4.69) is 77.8 Å². The van der Waals surface area contributed by atoms with Gasteiger partial charge in [-0.05, 0) is 51.3 Å². The molecule has 0 amide bonds. The van der Waals surface area contributed by atoms with Gasteiger partial charge in [-0.3, -0.25) is 5.04 Å². The van der Waals surface area contributed by atoms with Crippen LogP contribution < -0.4 is 5.26 Å². The van der Waals surface area contributed by atoms with Crippen LogP contribution in [0, 0.1) is 6.92 Å². The minimum atomic E-state index is -0.0954. The molecule has 0 radical (unpaired) electrons. The molecule has 0 saturated heterocycles. The average molecular weight is 333 g/mol. The highest BCUT2D eigenvalue weighted by molar-refractivity contribution is 7.94. The zero-order chi connectivity index (χ0) is 17.4. The third-order valence-electron chi connectivity index (χ3n) is 4.06. The normalized spacial score (nSPS) is 12.9. The molecule has 2 aromatic carbocycles. The molecule has 126 valence electrons. The molecule has 23 heavy (non-hydrogen) atoms. The van der Waals surface area contributed by atoms with E-state index >= 15 is 0 Å². The van der Waals surface area contributed by atoms with E-state index in [1.807, 2.05) is 0 Å². The molecule has 0 aliphatic rings. The minimum Gasteiger partial charge on any atom is -0.691 e. The predicted molar refractivity (Wildman–Crippen MR) is 94.1 cm³/mol. The molecular formula is C19H25O3S-. The Morgan fingerprint density at radius 1 is 0.957 bits per heavy atom. The first-order chi connectivity index (χ1) is 10.6. The summed E-state index contributed by atoms with van der Waals surface area (Å²) in [6.07, 6.45) is 0. The fraction of sp³-hybridized carbons (Fsp3) is 0.474. The Morgan fingerprint density at radius 2 is 1.61 bits per heavy atom. The predicted octanol–water partition coefficient (Wildman–Crippen LogP) is 4.97. The lowest BCUT2D eigenvalue weighted by molar-refractivity contribution is -0.777. The van der Waals surface area contributed by atoms with Crippen LogP contribution in [0.3, 0.4) is 0 Å². The number of rotatable bonds is 3. The lowest BCUT2D eigenvalue weighted by atomic mass is 9.77. The molecule has 0 saturated carbocycles. The number of hydrogen-bond donors (Lipinski definition) is 0. The highest BCUT2D eigenvalue weighted by Crippen LogP contribution is 2.44. The second kappa shape index (κ2) is 6.44. The fourth-order valence-corrected chi connectivity index (χ4v) is 4.04. The van der Waals surface area contributed by atoms with Crippen LogP contribution in [0.25, 0.3) is 10.8 Å². The summed E-state index contributed by atoms with van der Waals surface area (Å²) in [6, 6.07) is 8.56. The van der Waals surface area contributed by atoms with Gasteiger partial charge in [-0.1, -0.05) is 59.7 Å². The van der Waals surface area contributed by atoms with E-state index in [0.29, 0.717) is 0 Å². The maximum Gasteiger partial charge on any atom is 0.0680 e. The van der Waals surface area contributed by atoms with Crippen molar-refractivity contribution in [1.29, 1.82) is 0 Å². The summed E-state index contributed by atoms with van der Waals surface area (Å²) < 4.78 is 4.73. The zero-order valence-electron chi connectivity index (χ0n) is 14.9. The second-order valence-electron chi connectivity index (χ2n) is 8.02. The molecule has 0 fully saturated rings. The number of benzene rings is 2. The van der Waals surface area contributed by atoms with Crippen molar-refractivity contribution in [3.8, 4) is 0 Å². The van der Waals surface area contributed by atoms with Gasteiger partial charge < -0.3 is 5.26 Å². The van der Waals surface area contributed by atoms with Crippen LogP contribution in [0.2, 0.25) is 0 Å². The molecular weight excluding hydrogens is 308 g/mol. The number of hydrogen-bond acceptors (Lipinski definition) is 4. The largest absolute Gasteiger partial charge is 0.691 e. The average Bonchev–Trinajstić information content (AvgIpc) is 2.41. The highest BCUT2D eigenvalue weighted by Gasteiger charge is 2.29. The Morgan fingerprint density at radius 3 is 2.13 bits per heavy atom. The standard InChI is InChI=1S/C19H26O3S/c1-12-9-8-10-13-14(12)11-15(18(2,3)4)17(23-22-21-20)16(13)19(5,6)7/h8-11,20H,1-7H3/p-1. The van der Waals surface area contributed by atoms with E-state index in [9.17, 15) is 5.26 Å². The maximum atomic E-state index is 10.4. The molecule has 4 heteroatoms. The first-order valence-electron chi connectivity index (χ1n) is 7.78. The Hall–Kier alpha value is -1.07. The molecule has 0 unspecified atom stereocenters. The number of fused-ring (bicyclic) bond motifs is 1. The van der Waals surface area contributed by atoms with Crippen molar-refractivity contribution in [1.82, 2.24) is 0 Å². The summed E-state index contributed by atoms with van der Waals surface area (Å²) in [4.78, 5) is 0.971. The lowest BCUT2D eigenvalue weighted by Gasteiger charge is -2.31. The van der Waals surface area contributed by atoms with Crippen molar-refractivity contribution in [2.75, 3.05) is 0 Å². The molecule has 0 bridgehead atoms. The van der Waals surface area contributed by atoms with Gasteiger partial charge in [0.25, 0.3) is 0 Å². The molecule has 3 nitrogen and oxygen atoms in total. The van der Waals surface area contributed by atoms with Crippen molar-refractivity contribution in [2.24, 2.45) is 0 Å². The van der Waals surface area contributed by atoms with Crippen LogP contribution >= 0.6 is 12.0 Å². The van der Waals surface area contributed by atoms with Gasteiger partial charge in [0.2, 0.25) is 0 Å². The summed E-state index contributed by atoms with van der Waals surface area (Å²) >= 11 is 1.01.